The molecule has 3 fully saturated rings. The van der Waals surface area contributed by atoms with Gasteiger partial charge in [-0.1, -0.05) is 13.8 Å². The van der Waals surface area contributed by atoms with Crippen molar-refractivity contribution in [1.82, 2.24) is 40.4 Å². The molecule has 3 aromatic heterocycles. The third-order valence-corrected chi connectivity index (χ3v) is 9.19. The minimum atomic E-state index is -4.54. The number of urea groups is 1. The first-order valence-electron chi connectivity index (χ1n) is 14.9. The number of rotatable bonds is 12. The van der Waals surface area contributed by atoms with Gasteiger partial charge in [-0.05, 0) is 47.4 Å². The van der Waals surface area contributed by atoms with Crippen LogP contribution in [0, 0.1) is 5.41 Å². The summed E-state index contributed by atoms with van der Waals surface area (Å²) < 4.78 is 88.8. The minimum Gasteiger partial charge on any atom is -0.477 e. The van der Waals surface area contributed by atoms with Crippen LogP contribution in [-0.4, -0.2) is 115 Å². The Kier molecular flexibility index (Phi) is 8.06. The number of methoxy groups -OCH3 is 1. The molecule has 2 N–H and O–H groups in total. The van der Waals surface area contributed by atoms with Crippen LogP contribution in [0.25, 0.3) is 5.65 Å². The highest BCUT2D eigenvalue weighted by atomic mass is 19.4. The molecule has 4 atom stereocenters. The highest BCUT2D eigenvalue weighted by Crippen LogP contribution is 2.60. The molecule has 0 spiro atoms. The summed E-state index contributed by atoms with van der Waals surface area (Å²) in [7, 11) is 18.8. The van der Waals surface area contributed by atoms with Gasteiger partial charge >= 0.3 is 19.2 Å². The van der Waals surface area contributed by atoms with Crippen LogP contribution in [0.3, 0.4) is 0 Å². The molecule has 0 aromatic carbocycles. The molecule has 6 rings (SSSR count). The second kappa shape index (κ2) is 11.4. The van der Waals surface area contributed by atoms with Crippen LogP contribution in [0.5, 0.6) is 5.88 Å². The van der Waals surface area contributed by atoms with E-state index < -0.39 is 65.3 Å². The Morgan fingerprint density at radius 2 is 1.98 bits per heavy atom. The number of hydrogen-bond donors (Lipinski definition) is 2. The molecule has 248 valence electrons. The highest BCUT2D eigenvalue weighted by molar-refractivity contribution is 6.85. The van der Waals surface area contributed by atoms with E-state index in [1.54, 1.807) is 0 Å². The summed E-state index contributed by atoms with van der Waals surface area (Å²) >= 11 is 0. The number of halogens is 5. The number of alkyl halides is 4. The van der Waals surface area contributed by atoms with Crippen molar-refractivity contribution >= 4 is 48.1 Å². The second-order valence-electron chi connectivity index (χ2n) is 12.9. The van der Waals surface area contributed by atoms with E-state index in [0.717, 1.165) is 31.6 Å². The van der Waals surface area contributed by atoms with Crippen molar-refractivity contribution in [2.24, 2.45) is 5.41 Å². The average Bonchev–Trinajstić information content (AvgIpc) is 3.72. The van der Waals surface area contributed by atoms with Crippen LogP contribution in [0.1, 0.15) is 73.4 Å². The molecule has 3 aromatic rings. The Hall–Kier alpha value is -3.83. The summed E-state index contributed by atoms with van der Waals surface area (Å²) in [5, 5.41) is 10.8. The summed E-state index contributed by atoms with van der Waals surface area (Å²) in [4.78, 5) is 31.6. The van der Waals surface area contributed by atoms with Crippen LogP contribution in [0.4, 0.5) is 26.7 Å². The summed E-state index contributed by atoms with van der Waals surface area (Å²) in [6.45, 7) is -0.606. The smallest absolute Gasteiger partial charge is 0.407 e. The van der Waals surface area contributed by atoms with E-state index >= 15 is 8.71 Å². The van der Waals surface area contributed by atoms with Gasteiger partial charge in [0.1, 0.15) is 13.4 Å². The Morgan fingerprint density at radius 3 is 2.62 bits per heavy atom. The van der Waals surface area contributed by atoms with Gasteiger partial charge in [0.05, 0.1) is 76.4 Å². The lowest BCUT2D eigenvalue weighted by atomic mass is 9.53. The molecule has 1 saturated carbocycles. The van der Waals surface area contributed by atoms with Crippen molar-refractivity contribution in [3.8, 4) is 5.88 Å². The molecule has 3 aliphatic rings. The average molecular weight is 670 g/mol. The standard InChI is InChI=1S/C26H27B4F5N8O5/c1-22(2,26(32,33)34)7-6-14(38-19(44)18-20(46-3)41-48-40-18)15-10-42-17(37-15)8-12(9-36-42)16(11-47-13-4-5-13)43-21(45)39-24(27,28)23(31)25(43,29)30(23)35/h8-10,13-14,16H,4-7,11H2,1-3H3,(H,38,44)(H,39,45). The van der Waals surface area contributed by atoms with Gasteiger partial charge in [-0.25, -0.2) is 23.3 Å². The van der Waals surface area contributed by atoms with Gasteiger partial charge in [-0.2, -0.15) is 18.3 Å². The number of nitrogens with one attached hydrogen (secondary N) is 2. The molecule has 13 nitrogen and oxygen atoms in total. The highest BCUT2D eigenvalue weighted by Gasteiger charge is 2.90. The molecule has 2 aliphatic heterocycles. The van der Waals surface area contributed by atoms with Crippen LogP contribution in [-0.2, 0) is 4.74 Å². The zero-order valence-electron chi connectivity index (χ0n) is 25.9. The Balaban J connectivity index is 1.34. The van der Waals surface area contributed by atoms with Gasteiger partial charge < -0.3 is 29.3 Å². The Bertz CT molecular complexity index is 1740. The molecule has 6 radical (unpaired) electrons. The molecule has 1 aliphatic carbocycles. The third-order valence-electron chi connectivity index (χ3n) is 9.19. The zero-order chi connectivity index (χ0) is 35.0. The number of ether oxygens (including phenoxy) is 2. The maximum atomic E-state index is 15.8. The fourth-order valence-corrected chi connectivity index (χ4v) is 5.80. The first-order chi connectivity index (χ1) is 22.4. The first kappa shape index (κ1) is 34.0. The number of imidazole rings is 1. The molecular weight excluding hydrogens is 643 g/mol. The van der Waals surface area contributed by atoms with Gasteiger partial charge in [0, 0.05) is 5.56 Å². The number of carbonyl (C=O) groups excluding carboxylic acids is 2. The van der Waals surface area contributed by atoms with Crippen molar-refractivity contribution in [3.05, 3.63) is 35.4 Å². The van der Waals surface area contributed by atoms with Crippen LogP contribution in [0.2, 0.25) is 0 Å². The molecular formula is C26H27B4F5N8O5. The lowest BCUT2D eigenvalue weighted by Crippen LogP contribution is -2.72. The Labute approximate surface area is 274 Å². The number of fused-ring (bicyclic) bond motifs is 2. The molecule has 48 heavy (non-hydrogen) atoms. The van der Waals surface area contributed by atoms with Crippen molar-refractivity contribution in [2.75, 3.05) is 13.7 Å². The molecule has 2 saturated heterocycles. The van der Waals surface area contributed by atoms with Crippen molar-refractivity contribution in [1.29, 1.82) is 0 Å². The van der Waals surface area contributed by atoms with E-state index in [0.29, 0.717) is 0 Å². The minimum absolute atomic E-state index is 0.114. The van der Waals surface area contributed by atoms with Crippen LogP contribution >= 0.6 is 0 Å². The van der Waals surface area contributed by atoms with Crippen LogP contribution in [0.15, 0.2) is 23.1 Å². The van der Waals surface area contributed by atoms with E-state index in [2.05, 4.69) is 35.7 Å². The van der Waals surface area contributed by atoms with Gasteiger partial charge in [0.25, 0.3) is 11.8 Å². The monoisotopic (exact) mass is 670 g/mol. The normalized spacial score (nSPS) is 25.0. The largest absolute Gasteiger partial charge is 0.477 e. The predicted molar refractivity (Wildman–Crippen MR) is 159 cm³/mol. The molecule has 4 unspecified atom stereocenters. The number of aromatic nitrogens is 5. The summed E-state index contributed by atoms with van der Waals surface area (Å²) in [5.74, 6) is -1.10. The van der Waals surface area contributed by atoms with E-state index in [9.17, 15) is 22.8 Å². The molecule has 22 heteroatoms. The van der Waals surface area contributed by atoms with E-state index in [1.807, 2.05) is 0 Å². The van der Waals surface area contributed by atoms with E-state index in [1.165, 1.54) is 30.1 Å². The van der Waals surface area contributed by atoms with Crippen LogP contribution < -0.4 is 15.4 Å². The maximum absolute atomic E-state index is 15.8. The fraction of sp³-hybridized carbons (Fsp3) is 0.615. The van der Waals surface area contributed by atoms with Crippen molar-refractivity contribution < 1.29 is 45.6 Å². The predicted octanol–water partition coefficient (Wildman–Crippen LogP) is 1.82. The van der Waals surface area contributed by atoms with Crippen molar-refractivity contribution in [2.45, 2.75) is 80.1 Å². The Morgan fingerprint density at radius 1 is 1.27 bits per heavy atom. The summed E-state index contributed by atoms with van der Waals surface area (Å²) in [6, 6.07) is -1.90. The lowest BCUT2D eigenvalue weighted by Gasteiger charge is -2.48. The van der Waals surface area contributed by atoms with Gasteiger partial charge in [0.15, 0.2) is 5.65 Å². The topological polar surface area (TPSA) is 149 Å². The number of nitrogens with zero attached hydrogens (tertiary/aromatic N) is 6. The maximum Gasteiger partial charge on any atom is 0.407 e. The SMILES string of the molecule is [B]C1([B])NC(=O)N(C(COC2CC2)c2cnn3cc(C(CCC(C)(C)C(F)(F)F)NC(=O)c4nonc4OC)nc3c2)C2([B])B(F)C12F. The van der Waals surface area contributed by atoms with Gasteiger partial charge in [-0.3, -0.25) is 4.79 Å². The lowest BCUT2D eigenvalue weighted by molar-refractivity contribution is -0.214. The van der Waals surface area contributed by atoms with E-state index in [-0.39, 0.29) is 47.6 Å². The van der Waals surface area contributed by atoms with E-state index in [4.69, 9.17) is 33.0 Å². The molecule has 3 amide bonds. The molecule has 0 bridgehead atoms. The summed E-state index contributed by atoms with van der Waals surface area (Å²) in [5.41, 5.74) is -5.07. The van der Waals surface area contributed by atoms with Crippen molar-refractivity contribution in [3.63, 3.8) is 0 Å². The van der Waals surface area contributed by atoms with Gasteiger partial charge in [-0.15, -0.1) is 0 Å². The summed E-state index contributed by atoms with van der Waals surface area (Å²) in [6.07, 6.45) is -1.13. The molecule has 5 heterocycles. The fourth-order valence-electron chi connectivity index (χ4n) is 5.80. The number of amides is 3. The number of carbonyl (C=O) groups is 2. The second-order valence-corrected chi connectivity index (χ2v) is 12.9. The quantitative estimate of drug-likeness (QED) is 0.218. The van der Waals surface area contributed by atoms with Gasteiger partial charge in [0.2, 0.25) is 5.69 Å². The first-order valence-corrected chi connectivity index (χ1v) is 14.9. The third kappa shape index (κ3) is 5.39. The number of hydrogen-bond acceptors (Lipinski definition) is 9. The zero-order valence-corrected chi connectivity index (χ0v) is 25.9.